The predicted octanol–water partition coefficient (Wildman–Crippen LogP) is 4.93. The summed E-state index contributed by atoms with van der Waals surface area (Å²) < 4.78 is 2.31. The van der Waals surface area contributed by atoms with Gasteiger partial charge in [0.1, 0.15) is 6.54 Å². The highest BCUT2D eigenvalue weighted by Crippen LogP contribution is 2.21. The Labute approximate surface area is 166 Å². The summed E-state index contributed by atoms with van der Waals surface area (Å²) in [4.78, 5) is 4.42. The van der Waals surface area contributed by atoms with Crippen LogP contribution in [0.15, 0.2) is 73.1 Å². The predicted molar refractivity (Wildman–Crippen MR) is 117 cm³/mol. The average molecular weight is 372 g/mol. The van der Waals surface area contributed by atoms with E-state index in [0.29, 0.717) is 0 Å². The van der Waals surface area contributed by atoms with E-state index in [1.54, 1.807) is 0 Å². The van der Waals surface area contributed by atoms with Crippen molar-refractivity contribution in [2.45, 2.75) is 32.2 Å². The Morgan fingerprint density at radius 1 is 0.821 bits per heavy atom. The fraction of sp³-hybridized carbons (Fsp3) is 0.250. The van der Waals surface area contributed by atoms with Gasteiger partial charge in [-0.2, -0.15) is 4.57 Å². The lowest BCUT2D eigenvalue weighted by atomic mass is 10.1. The number of benzene rings is 2. The Balaban J connectivity index is 1.23. The first kappa shape index (κ1) is 18.2. The van der Waals surface area contributed by atoms with Crippen molar-refractivity contribution in [1.29, 1.82) is 0 Å². The summed E-state index contributed by atoms with van der Waals surface area (Å²) in [7, 11) is 0. The van der Waals surface area contributed by atoms with E-state index in [1.165, 1.54) is 42.3 Å². The Bertz CT molecular complexity index is 1070. The minimum atomic E-state index is 0.849. The van der Waals surface area contributed by atoms with Crippen LogP contribution in [0, 0.1) is 0 Å². The summed E-state index contributed by atoms with van der Waals surface area (Å²) in [6.07, 6.45) is 8.78. The molecule has 4 nitrogen and oxygen atoms in total. The molecule has 0 saturated carbocycles. The molecule has 0 saturated heterocycles. The van der Waals surface area contributed by atoms with Gasteiger partial charge in [0.15, 0.2) is 6.20 Å². The number of hydrogen-bond acceptors (Lipinski definition) is 3. The molecule has 0 radical (unpaired) electrons. The second kappa shape index (κ2) is 8.70. The molecule has 2 aromatic heterocycles. The van der Waals surface area contributed by atoms with Crippen LogP contribution < -0.4 is 15.6 Å². The lowest BCUT2D eigenvalue weighted by Crippen LogP contribution is -2.34. The zero-order chi connectivity index (χ0) is 19.2. The minimum absolute atomic E-state index is 0.849. The third-order valence-electron chi connectivity index (χ3n) is 5.25. The molecule has 4 heteroatoms. The normalized spacial score (nSPS) is 11.1. The maximum atomic E-state index is 6.09. The summed E-state index contributed by atoms with van der Waals surface area (Å²) in [5, 5.41) is 5.90. The van der Waals surface area contributed by atoms with Crippen LogP contribution in [-0.4, -0.2) is 11.5 Å². The number of nitrogens with zero attached hydrogens (tertiary/aromatic N) is 2. The van der Waals surface area contributed by atoms with Gasteiger partial charge in [-0.15, -0.1) is 0 Å². The number of anilines is 2. The number of aromatic nitrogens is 2. The molecule has 2 heterocycles. The second-order valence-corrected chi connectivity index (χ2v) is 7.20. The largest absolute Gasteiger partial charge is 0.398 e. The van der Waals surface area contributed by atoms with Crippen molar-refractivity contribution < 1.29 is 4.57 Å². The number of para-hydroxylation sites is 2. The number of hydrogen-bond donors (Lipinski definition) is 2. The highest BCUT2D eigenvalue weighted by molar-refractivity contribution is 5.90. The van der Waals surface area contributed by atoms with Crippen LogP contribution in [0.25, 0.3) is 21.8 Å². The van der Waals surface area contributed by atoms with Gasteiger partial charge in [0, 0.05) is 42.4 Å². The zero-order valence-corrected chi connectivity index (χ0v) is 16.1. The van der Waals surface area contributed by atoms with Gasteiger partial charge >= 0.3 is 0 Å². The molecule has 0 amide bonds. The van der Waals surface area contributed by atoms with Crippen LogP contribution >= 0.6 is 0 Å². The Hall–Kier alpha value is -3.14. The number of rotatable bonds is 8. The number of fused-ring (bicyclic) bond motifs is 2. The molecule has 0 unspecified atom stereocenters. The molecular formula is C24H27N4+. The Kier molecular flexibility index (Phi) is 5.66. The molecule has 0 bridgehead atoms. The van der Waals surface area contributed by atoms with Gasteiger partial charge in [0.05, 0.1) is 16.6 Å². The van der Waals surface area contributed by atoms with Gasteiger partial charge in [-0.05, 0) is 31.0 Å². The second-order valence-electron chi connectivity index (χ2n) is 7.20. The van der Waals surface area contributed by atoms with E-state index < -0.39 is 0 Å². The molecule has 0 spiro atoms. The maximum absolute atomic E-state index is 6.09. The molecule has 4 rings (SSSR count). The first-order valence-electron chi connectivity index (χ1n) is 10.1. The molecule has 28 heavy (non-hydrogen) atoms. The fourth-order valence-electron chi connectivity index (χ4n) is 3.74. The van der Waals surface area contributed by atoms with Crippen LogP contribution in [0.2, 0.25) is 0 Å². The molecule has 0 aliphatic carbocycles. The standard InChI is InChI=1S/C24H26N4/c25-21-14-18-28(24-12-6-4-9-19(21)24)17-8-2-1-7-15-26-23-13-16-27-22-11-5-3-10-20(22)23/h3-6,9-14,16,18,25H,1-2,7-8,15,17H2,(H,26,27)/p+1. The average Bonchev–Trinajstić information content (AvgIpc) is 2.75. The van der Waals surface area contributed by atoms with E-state index in [2.05, 4.69) is 63.5 Å². The summed E-state index contributed by atoms with van der Waals surface area (Å²) in [6, 6.07) is 20.7. The molecule has 142 valence electrons. The SMILES string of the molecule is Nc1cc[n+](CCCCCCNc2ccnc3ccccc23)c2ccccc12. The van der Waals surface area contributed by atoms with E-state index in [1.807, 2.05) is 24.4 Å². The zero-order valence-electron chi connectivity index (χ0n) is 16.1. The van der Waals surface area contributed by atoms with Crippen LogP contribution in [0.3, 0.4) is 0 Å². The van der Waals surface area contributed by atoms with Crippen molar-refractivity contribution in [3.05, 3.63) is 73.1 Å². The van der Waals surface area contributed by atoms with Crippen LogP contribution in [0.4, 0.5) is 11.4 Å². The van der Waals surface area contributed by atoms with Crippen LogP contribution in [0.1, 0.15) is 25.7 Å². The lowest BCUT2D eigenvalue weighted by molar-refractivity contribution is -0.671. The molecule has 0 fully saturated rings. The van der Waals surface area contributed by atoms with E-state index in [9.17, 15) is 0 Å². The van der Waals surface area contributed by atoms with E-state index in [0.717, 1.165) is 29.7 Å². The summed E-state index contributed by atoms with van der Waals surface area (Å²) in [6.45, 7) is 2.02. The van der Waals surface area contributed by atoms with Crippen molar-refractivity contribution in [3.63, 3.8) is 0 Å². The summed E-state index contributed by atoms with van der Waals surface area (Å²) >= 11 is 0. The van der Waals surface area contributed by atoms with Crippen molar-refractivity contribution in [3.8, 4) is 0 Å². The highest BCUT2D eigenvalue weighted by atomic mass is 14.9. The Morgan fingerprint density at radius 2 is 1.61 bits per heavy atom. The topological polar surface area (TPSA) is 54.8 Å². The monoisotopic (exact) mass is 371 g/mol. The maximum Gasteiger partial charge on any atom is 0.214 e. The first-order chi connectivity index (χ1) is 13.8. The number of aryl methyl sites for hydroxylation is 1. The van der Waals surface area contributed by atoms with Crippen molar-refractivity contribution in [2.24, 2.45) is 0 Å². The summed E-state index contributed by atoms with van der Waals surface area (Å²) in [5.74, 6) is 0. The molecule has 0 atom stereocenters. The molecule has 0 aliphatic rings. The smallest absolute Gasteiger partial charge is 0.214 e. The third-order valence-corrected chi connectivity index (χ3v) is 5.25. The minimum Gasteiger partial charge on any atom is -0.398 e. The van der Waals surface area contributed by atoms with E-state index in [-0.39, 0.29) is 0 Å². The van der Waals surface area contributed by atoms with Gasteiger partial charge < -0.3 is 11.1 Å². The molecule has 2 aromatic carbocycles. The number of nitrogens with one attached hydrogen (secondary N) is 1. The van der Waals surface area contributed by atoms with Gasteiger partial charge in [0.25, 0.3) is 0 Å². The Morgan fingerprint density at radius 3 is 2.54 bits per heavy atom. The highest BCUT2D eigenvalue weighted by Gasteiger charge is 2.10. The number of nitrogens with two attached hydrogens (primary N) is 1. The molecule has 3 N–H and O–H groups in total. The van der Waals surface area contributed by atoms with E-state index >= 15 is 0 Å². The fourth-order valence-corrected chi connectivity index (χ4v) is 3.74. The van der Waals surface area contributed by atoms with Gasteiger partial charge in [0.2, 0.25) is 5.52 Å². The van der Waals surface area contributed by atoms with Crippen LogP contribution in [-0.2, 0) is 6.54 Å². The lowest BCUT2D eigenvalue weighted by Gasteiger charge is -2.09. The van der Waals surface area contributed by atoms with Crippen molar-refractivity contribution in [1.82, 2.24) is 4.98 Å². The third kappa shape index (κ3) is 4.06. The van der Waals surface area contributed by atoms with Gasteiger partial charge in [-0.3, -0.25) is 4.98 Å². The van der Waals surface area contributed by atoms with Crippen molar-refractivity contribution >= 4 is 33.2 Å². The number of unbranched alkanes of at least 4 members (excludes halogenated alkanes) is 3. The number of pyridine rings is 2. The summed E-state index contributed by atoms with van der Waals surface area (Å²) in [5.41, 5.74) is 10.4. The van der Waals surface area contributed by atoms with E-state index in [4.69, 9.17) is 5.73 Å². The van der Waals surface area contributed by atoms with Gasteiger partial charge in [-0.1, -0.05) is 36.8 Å². The molecular weight excluding hydrogens is 344 g/mol. The van der Waals surface area contributed by atoms with Gasteiger partial charge in [-0.25, -0.2) is 0 Å². The van der Waals surface area contributed by atoms with Crippen molar-refractivity contribution in [2.75, 3.05) is 17.6 Å². The first-order valence-corrected chi connectivity index (χ1v) is 10.1. The quantitative estimate of drug-likeness (QED) is 0.341. The molecule has 4 aromatic rings. The van der Waals surface area contributed by atoms with Crippen LogP contribution in [0.5, 0.6) is 0 Å². The molecule has 0 aliphatic heterocycles. The number of nitrogen functional groups attached to an aromatic ring is 1.